The molecule has 3 heteroatoms. The maximum absolute atomic E-state index is 4.78. The molecular weight excluding hydrogens is 318 g/mol. The Kier molecular flexibility index (Phi) is 3.46. The maximum Gasteiger partial charge on any atom is 0.114 e. The van der Waals surface area contributed by atoms with E-state index in [9.17, 15) is 0 Å². The number of benzene rings is 2. The zero-order chi connectivity index (χ0) is 17.7. The number of fused-ring (bicyclic) bond motifs is 2. The van der Waals surface area contributed by atoms with Crippen molar-refractivity contribution in [3.63, 3.8) is 0 Å². The van der Waals surface area contributed by atoms with Gasteiger partial charge in [-0.3, -0.25) is 9.89 Å². The van der Waals surface area contributed by atoms with Crippen molar-refractivity contribution in [1.82, 2.24) is 4.90 Å². The summed E-state index contributed by atoms with van der Waals surface area (Å²) in [6, 6.07) is 17.7. The monoisotopic (exact) mass is 343 g/mol. The molecule has 0 spiro atoms. The summed E-state index contributed by atoms with van der Waals surface area (Å²) in [5.41, 5.74) is 5.37. The van der Waals surface area contributed by atoms with Crippen LogP contribution in [-0.2, 0) is 5.41 Å². The molecular formula is C23H25N3. The molecule has 2 aromatic carbocycles. The summed E-state index contributed by atoms with van der Waals surface area (Å²) >= 11 is 0. The minimum atomic E-state index is -0.00143. The van der Waals surface area contributed by atoms with E-state index in [4.69, 9.17) is 4.99 Å². The van der Waals surface area contributed by atoms with Crippen LogP contribution in [-0.4, -0.2) is 23.8 Å². The number of rotatable bonds is 1. The lowest BCUT2D eigenvalue weighted by atomic mass is 9.73. The third-order valence-electron chi connectivity index (χ3n) is 5.99. The van der Waals surface area contributed by atoms with Gasteiger partial charge in [0, 0.05) is 24.9 Å². The van der Waals surface area contributed by atoms with Crippen molar-refractivity contribution in [3.05, 3.63) is 71.6 Å². The van der Waals surface area contributed by atoms with E-state index in [2.05, 4.69) is 78.3 Å². The van der Waals surface area contributed by atoms with Crippen molar-refractivity contribution >= 4 is 17.2 Å². The topological polar surface area (TPSA) is 18.8 Å². The molecule has 3 aliphatic rings. The fourth-order valence-electron chi connectivity index (χ4n) is 4.68. The Morgan fingerprint density at radius 1 is 0.923 bits per heavy atom. The maximum atomic E-state index is 4.78. The first-order valence-corrected chi connectivity index (χ1v) is 9.68. The minimum Gasteiger partial charge on any atom is -0.316 e. The molecule has 3 heterocycles. The minimum absolute atomic E-state index is 0.00143. The van der Waals surface area contributed by atoms with Crippen LogP contribution in [0, 0.1) is 0 Å². The second-order valence-corrected chi connectivity index (χ2v) is 7.90. The van der Waals surface area contributed by atoms with Gasteiger partial charge in [0.2, 0.25) is 0 Å². The summed E-state index contributed by atoms with van der Waals surface area (Å²) in [7, 11) is 0. The number of anilines is 2. The molecule has 132 valence electrons. The van der Waals surface area contributed by atoms with E-state index in [1.165, 1.54) is 40.6 Å². The van der Waals surface area contributed by atoms with Crippen LogP contribution in [0.5, 0.6) is 0 Å². The molecule has 0 saturated carbocycles. The molecule has 0 N–H and O–H groups in total. The highest BCUT2D eigenvalue weighted by Crippen LogP contribution is 2.51. The number of para-hydroxylation sites is 2. The van der Waals surface area contributed by atoms with E-state index >= 15 is 0 Å². The zero-order valence-electron chi connectivity index (χ0n) is 15.6. The first-order chi connectivity index (χ1) is 12.7. The number of aliphatic imine (C=N–C) groups is 1. The van der Waals surface area contributed by atoms with Gasteiger partial charge >= 0.3 is 0 Å². The second kappa shape index (κ2) is 5.73. The Balaban J connectivity index is 1.70. The average molecular weight is 343 g/mol. The van der Waals surface area contributed by atoms with Gasteiger partial charge in [0.15, 0.2) is 0 Å². The van der Waals surface area contributed by atoms with Gasteiger partial charge in [0.1, 0.15) is 11.7 Å². The normalized spacial score (nSPS) is 20.5. The number of nitrogens with zero attached hydrogens (tertiary/aromatic N) is 3. The van der Waals surface area contributed by atoms with Gasteiger partial charge in [-0.2, -0.15) is 0 Å². The van der Waals surface area contributed by atoms with Gasteiger partial charge in [-0.05, 0) is 42.2 Å². The molecule has 0 atom stereocenters. The predicted octanol–water partition coefficient (Wildman–Crippen LogP) is 5.20. The number of hydrogen-bond donors (Lipinski definition) is 0. The molecule has 0 bridgehead atoms. The fourth-order valence-corrected chi connectivity index (χ4v) is 4.68. The quantitative estimate of drug-likeness (QED) is 0.708. The van der Waals surface area contributed by atoms with Crippen molar-refractivity contribution in [2.24, 2.45) is 4.99 Å². The van der Waals surface area contributed by atoms with Crippen LogP contribution < -0.4 is 4.90 Å². The Labute approximate surface area is 155 Å². The molecule has 0 radical (unpaired) electrons. The van der Waals surface area contributed by atoms with E-state index in [1.54, 1.807) is 0 Å². The highest BCUT2D eigenvalue weighted by atomic mass is 15.4. The first kappa shape index (κ1) is 15.7. The molecule has 0 unspecified atom stereocenters. The third-order valence-corrected chi connectivity index (χ3v) is 5.99. The van der Waals surface area contributed by atoms with E-state index in [0.717, 1.165) is 25.9 Å². The van der Waals surface area contributed by atoms with Crippen molar-refractivity contribution in [2.45, 2.75) is 38.5 Å². The highest BCUT2D eigenvalue weighted by Gasteiger charge is 2.39. The first-order valence-electron chi connectivity index (χ1n) is 9.68. The van der Waals surface area contributed by atoms with Gasteiger partial charge in [-0.25, -0.2) is 0 Å². The Morgan fingerprint density at radius 2 is 1.58 bits per heavy atom. The van der Waals surface area contributed by atoms with Crippen LogP contribution in [0.1, 0.15) is 44.2 Å². The summed E-state index contributed by atoms with van der Waals surface area (Å²) in [4.78, 5) is 9.68. The lowest BCUT2D eigenvalue weighted by Crippen LogP contribution is -2.39. The molecule has 3 nitrogen and oxygen atoms in total. The number of amidine groups is 1. The molecule has 2 aromatic rings. The molecule has 0 amide bonds. The van der Waals surface area contributed by atoms with E-state index < -0.39 is 0 Å². The van der Waals surface area contributed by atoms with Crippen molar-refractivity contribution in [1.29, 1.82) is 0 Å². The largest absolute Gasteiger partial charge is 0.316 e. The predicted molar refractivity (Wildman–Crippen MR) is 108 cm³/mol. The van der Waals surface area contributed by atoms with Crippen LogP contribution >= 0.6 is 0 Å². The Hall–Kier alpha value is -2.55. The second-order valence-electron chi connectivity index (χ2n) is 7.90. The molecule has 0 saturated heterocycles. The van der Waals surface area contributed by atoms with Crippen molar-refractivity contribution < 1.29 is 0 Å². The van der Waals surface area contributed by atoms with Gasteiger partial charge in [-0.1, -0.05) is 50.2 Å². The van der Waals surface area contributed by atoms with E-state index in [-0.39, 0.29) is 5.41 Å². The standard InChI is InChI=1S/C23H25N3/c1-23(2)17-9-3-5-11-19(17)26(20-12-6-4-10-18(20)23)22-14-8-16-25(22)21-13-7-15-24-21/h3-6,9-12,14H,7-8,13,15-16H2,1-2H3. The van der Waals surface area contributed by atoms with E-state index in [1.807, 2.05) is 0 Å². The lowest BCUT2D eigenvalue weighted by molar-refractivity contribution is 0.535. The summed E-state index contributed by atoms with van der Waals surface area (Å²) in [5.74, 6) is 2.54. The van der Waals surface area contributed by atoms with Gasteiger partial charge in [-0.15, -0.1) is 0 Å². The lowest BCUT2D eigenvalue weighted by Gasteiger charge is -2.44. The Bertz CT molecular complexity index is 873. The molecule has 3 aliphatic heterocycles. The zero-order valence-corrected chi connectivity index (χ0v) is 15.6. The Morgan fingerprint density at radius 3 is 2.19 bits per heavy atom. The summed E-state index contributed by atoms with van der Waals surface area (Å²) < 4.78 is 0. The molecule has 0 aromatic heterocycles. The van der Waals surface area contributed by atoms with Gasteiger partial charge < -0.3 is 4.90 Å². The van der Waals surface area contributed by atoms with E-state index in [0.29, 0.717) is 0 Å². The number of hydrogen-bond acceptors (Lipinski definition) is 3. The van der Waals surface area contributed by atoms with Crippen LogP contribution in [0.4, 0.5) is 11.4 Å². The smallest absolute Gasteiger partial charge is 0.114 e. The van der Waals surface area contributed by atoms with Gasteiger partial charge in [0.05, 0.1) is 11.4 Å². The fraction of sp³-hybridized carbons (Fsp3) is 0.348. The SMILES string of the molecule is CC1(C)c2ccccc2N(C2=CCCN2C2=NCCC2)c2ccccc21. The molecule has 5 rings (SSSR count). The summed E-state index contributed by atoms with van der Waals surface area (Å²) in [6.07, 6.45) is 5.74. The summed E-state index contributed by atoms with van der Waals surface area (Å²) in [6.45, 7) is 6.69. The third kappa shape index (κ3) is 2.16. The highest BCUT2D eigenvalue weighted by molar-refractivity contribution is 5.89. The summed E-state index contributed by atoms with van der Waals surface area (Å²) in [5, 5.41) is 0. The molecule has 0 aliphatic carbocycles. The average Bonchev–Trinajstić information content (AvgIpc) is 3.34. The van der Waals surface area contributed by atoms with Crippen LogP contribution in [0.2, 0.25) is 0 Å². The van der Waals surface area contributed by atoms with Crippen LogP contribution in [0.15, 0.2) is 65.4 Å². The van der Waals surface area contributed by atoms with Crippen molar-refractivity contribution in [2.75, 3.05) is 18.0 Å². The van der Waals surface area contributed by atoms with Crippen LogP contribution in [0.25, 0.3) is 0 Å². The van der Waals surface area contributed by atoms with Gasteiger partial charge in [0.25, 0.3) is 0 Å². The molecule has 26 heavy (non-hydrogen) atoms. The molecule has 0 fully saturated rings. The van der Waals surface area contributed by atoms with Crippen molar-refractivity contribution in [3.8, 4) is 0 Å². The van der Waals surface area contributed by atoms with Crippen LogP contribution in [0.3, 0.4) is 0 Å².